The molecule has 0 aromatic carbocycles. The minimum atomic E-state index is -1.63. The lowest BCUT2D eigenvalue weighted by molar-refractivity contribution is 0.640. The number of nitrogens with one attached hydrogen (secondary N) is 1. The van der Waals surface area contributed by atoms with Crippen LogP contribution in [0, 0.1) is 0 Å². The second kappa shape index (κ2) is 4.06. The van der Waals surface area contributed by atoms with Gasteiger partial charge in [-0.1, -0.05) is 33.9 Å². The van der Waals surface area contributed by atoms with Crippen molar-refractivity contribution in [2.24, 2.45) is 0 Å². The standard InChI is InChI=1S/C10H25NOSSi/c1-9(2,3)13(12)11-14(7,8)10(4,5)6/h11H,1-8H3. The van der Waals surface area contributed by atoms with Gasteiger partial charge in [-0.25, -0.2) is 4.21 Å². The highest BCUT2D eigenvalue weighted by Crippen LogP contribution is 2.34. The van der Waals surface area contributed by atoms with E-state index >= 15 is 0 Å². The molecule has 0 aliphatic heterocycles. The average Bonchev–Trinajstić information content (AvgIpc) is 1.80. The normalized spacial score (nSPS) is 16.9. The summed E-state index contributed by atoms with van der Waals surface area (Å²) in [5, 5.41) is 0.230. The van der Waals surface area contributed by atoms with Crippen LogP contribution in [0.15, 0.2) is 0 Å². The Bertz CT molecular complexity index is 225. The van der Waals surface area contributed by atoms with Gasteiger partial charge >= 0.3 is 0 Å². The fourth-order valence-electron chi connectivity index (χ4n) is 0.538. The van der Waals surface area contributed by atoms with Crippen LogP contribution in [0.4, 0.5) is 0 Å². The molecule has 1 unspecified atom stereocenters. The van der Waals surface area contributed by atoms with Crippen LogP contribution in [0.3, 0.4) is 0 Å². The minimum Gasteiger partial charge on any atom is -0.259 e. The maximum atomic E-state index is 12.0. The summed E-state index contributed by atoms with van der Waals surface area (Å²) < 4.78 is 15.1. The monoisotopic (exact) mass is 235 g/mol. The first-order valence-corrected chi connectivity index (χ1v) is 9.22. The molecule has 0 saturated carbocycles. The van der Waals surface area contributed by atoms with Crippen LogP contribution in [-0.2, 0) is 11.0 Å². The lowest BCUT2D eigenvalue weighted by atomic mass is 10.2. The molecule has 0 aliphatic carbocycles. The van der Waals surface area contributed by atoms with Crippen molar-refractivity contribution in [2.45, 2.75) is 64.4 Å². The molecule has 0 aliphatic rings. The zero-order valence-corrected chi connectivity index (χ0v) is 12.6. The highest BCUT2D eigenvalue weighted by Gasteiger charge is 2.38. The predicted molar refractivity (Wildman–Crippen MR) is 68.2 cm³/mol. The third kappa shape index (κ3) is 3.83. The first kappa shape index (κ1) is 14.3. The summed E-state index contributed by atoms with van der Waals surface area (Å²) >= 11 is 0. The van der Waals surface area contributed by atoms with Gasteiger partial charge < -0.3 is 0 Å². The van der Waals surface area contributed by atoms with E-state index in [2.05, 4.69) is 38.3 Å². The molecular formula is C10H25NOSSi. The van der Waals surface area contributed by atoms with Gasteiger partial charge in [-0.3, -0.25) is 4.39 Å². The highest BCUT2D eigenvalue weighted by atomic mass is 32.2. The van der Waals surface area contributed by atoms with E-state index in [0.29, 0.717) is 0 Å². The predicted octanol–water partition coefficient (Wildman–Crippen LogP) is 3.04. The molecule has 0 aromatic rings. The van der Waals surface area contributed by atoms with Crippen LogP contribution in [0.25, 0.3) is 0 Å². The summed E-state index contributed by atoms with van der Waals surface area (Å²) in [4.78, 5) is 0. The van der Waals surface area contributed by atoms with Gasteiger partial charge in [0.15, 0.2) is 0 Å². The lowest BCUT2D eigenvalue weighted by Crippen LogP contribution is -2.55. The molecule has 4 heteroatoms. The lowest BCUT2D eigenvalue weighted by Gasteiger charge is -2.38. The van der Waals surface area contributed by atoms with Gasteiger partial charge in [0.1, 0.15) is 8.24 Å². The van der Waals surface area contributed by atoms with Gasteiger partial charge in [-0.15, -0.1) is 0 Å². The second-order valence-electron chi connectivity index (χ2n) is 6.36. The molecule has 2 nitrogen and oxygen atoms in total. The van der Waals surface area contributed by atoms with E-state index in [4.69, 9.17) is 0 Å². The first-order chi connectivity index (χ1) is 5.88. The number of hydrogen-bond donors (Lipinski definition) is 1. The molecule has 0 amide bonds. The first-order valence-electron chi connectivity index (χ1n) is 5.07. The smallest absolute Gasteiger partial charge is 0.139 e. The van der Waals surface area contributed by atoms with Crippen molar-refractivity contribution in [2.75, 3.05) is 0 Å². The maximum Gasteiger partial charge on any atom is 0.139 e. The Balaban J connectivity index is 4.62. The quantitative estimate of drug-likeness (QED) is 0.732. The van der Waals surface area contributed by atoms with Gasteiger partial charge in [0.05, 0.1) is 15.7 Å². The Kier molecular flexibility index (Phi) is 4.16. The van der Waals surface area contributed by atoms with Gasteiger partial charge in [-0.2, -0.15) is 0 Å². The third-order valence-corrected chi connectivity index (χ3v) is 10.4. The van der Waals surface area contributed by atoms with E-state index in [9.17, 15) is 4.21 Å². The van der Waals surface area contributed by atoms with E-state index in [1.807, 2.05) is 20.8 Å². The van der Waals surface area contributed by atoms with Gasteiger partial charge in [-0.05, 0) is 25.8 Å². The van der Waals surface area contributed by atoms with Crippen molar-refractivity contribution < 1.29 is 4.21 Å². The second-order valence-corrected chi connectivity index (χ2v) is 13.7. The van der Waals surface area contributed by atoms with Crippen molar-refractivity contribution in [3.05, 3.63) is 0 Å². The van der Waals surface area contributed by atoms with E-state index in [1.54, 1.807) is 0 Å². The molecular weight excluding hydrogens is 210 g/mol. The summed E-state index contributed by atoms with van der Waals surface area (Å²) in [7, 11) is -2.57. The van der Waals surface area contributed by atoms with Crippen molar-refractivity contribution in [3.63, 3.8) is 0 Å². The van der Waals surface area contributed by atoms with Crippen LogP contribution in [0.1, 0.15) is 41.5 Å². The van der Waals surface area contributed by atoms with Crippen molar-refractivity contribution in [1.29, 1.82) is 0 Å². The largest absolute Gasteiger partial charge is 0.259 e. The Morgan fingerprint density at radius 2 is 1.36 bits per heavy atom. The van der Waals surface area contributed by atoms with Crippen LogP contribution in [0.2, 0.25) is 18.1 Å². The molecule has 1 atom stereocenters. The van der Waals surface area contributed by atoms with E-state index < -0.39 is 19.2 Å². The Labute approximate surface area is 92.5 Å². The molecule has 0 fully saturated rings. The molecule has 86 valence electrons. The summed E-state index contributed by atoms with van der Waals surface area (Å²) in [5.41, 5.74) is 0. The summed E-state index contributed by atoms with van der Waals surface area (Å²) in [5.74, 6) is 0. The van der Waals surface area contributed by atoms with Crippen molar-refractivity contribution in [1.82, 2.24) is 4.39 Å². The van der Waals surface area contributed by atoms with Crippen LogP contribution >= 0.6 is 0 Å². The zero-order chi connectivity index (χ0) is 11.8. The summed E-state index contributed by atoms with van der Waals surface area (Å²) in [6.07, 6.45) is 0. The van der Waals surface area contributed by atoms with Gasteiger partial charge in [0, 0.05) is 0 Å². The Morgan fingerprint density at radius 1 is 1.00 bits per heavy atom. The fourth-order valence-corrected chi connectivity index (χ4v) is 4.84. The fraction of sp³-hybridized carbons (Fsp3) is 1.00. The molecule has 0 rings (SSSR count). The summed E-state index contributed by atoms with van der Waals surface area (Å²) in [6.45, 7) is 17.1. The molecule has 0 radical (unpaired) electrons. The van der Waals surface area contributed by atoms with Gasteiger partial charge in [0.25, 0.3) is 0 Å². The van der Waals surface area contributed by atoms with Crippen molar-refractivity contribution >= 4 is 19.2 Å². The minimum absolute atomic E-state index is 0.171. The number of rotatable bonds is 2. The number of hydrogen-bond acceptors (Lipinski definition) is 1. The SMILES string of the molecule is CC(C)(C)S(=O)N[Si](C)(C)C(C)(C)C. The zero-order valence-electron chi connectivity index (χ0n) is 10.8. The Morgan fingerprint density at radius 3 is 1.57 bits per heavy atom. The maximum absolute atomic E-state index is 12.0. The summed E-state index contributed by atoms with van der Waals surface area (Å²) in [6, 6.07) is 0. The average molecular weight is 235 g/mol. The molecule has 0 heterocycles. The molecule has 0 bridgehead atoms. The van der Waals surface area contributed by atoms with Crippen LogP contribution in [0.5, 0.6) is 0 Å². The molecule has 14 heavy (non-hydrogen) atoms. The van der Waals surface area contributed by atoms with Crippen LogP contribution < -0.4 is 4.39 Å². The molecule has 0 saturated heterocycles. The van der Waals surface area contributed by atoms with E-state index in [0.717, 1.165) is 0 Å². The Hall–Kier alpha value is 0.327. The third-order valence-electron chi connectivity index (χ3n) is 2.78. The van der Waals surface area contributed by atoms with E-state index in [1.165, 1.54) is 0 Å². The highest BCUT2D eigenvalue weighted by molar-refractivity contribution is 7.86. The van der Waals surface area contributed by atoms with Gasteiger partial charge in [0.2, 0.25) is 0 Å². The molecule has 0 aromatic heterocycles. The van der Waals surface area contributed by atoms with E-state index in [-0.39, 0.29) is 9.79 Å². The molecule has 0 spiro atoms. The van der Waals surface area contributed by atoms with Crippen LogP contribution in [-0.4, -0.2) is 17.2 Å². The molecule has 1 N–H and O–H groups in total. The topological polar surface area (TPSA) is 29.1 Å². The van der Waals surface area contributed by atoms with Crippen molar-refractivity contribution in [3.8, 4) is 0 Å².